The van der Waals surface area contributed by atoms with E-state index in [4.69, 9.17) is 0 Å². The topological polar surface area (TPSA) is 35.5 Å². The van der Waals surface area contributed by atoms with Crippen molar-refractivity contribution >= 4 is 15.9 Å². The maximum Gasteiger partial charge on any atom is 0.137 e. The van der Waals surface area contributed by atoms with E-state index in [1.807, 2.05) is 6.92 Å². The molecule has 2 atom stereocenters. The first kappa shape index (κ1) is 15.9. The molecule has 2 unspecified atom stereocenters. The van der Waals surface area contributed by atoms with Crippen molar-refractivity contribution in [3.05, 3.63) is 34.1 Å². The number of rotatable bonds is 6. The van der Waals surface area contributed by atoms with Crippen LogP contribution in [-0.2, 0) is 0 Å². The molecule has 0 aromatic heterocycles. The fourth-order valence-corrected chi connectivity index (χ4v) is 2.94. The molecule has 3 nitrogen and oxygen atoms in total. The van der Waals surface area contributed by atoms with Crippen LogP contribution in [0.3, 0.4) is 0 Å². The molecule has 112 valence electrons. The van der Waals surface area contributed by atoms with E-state index in [9.17, 15) is 9.50 Å². The molecule has 0 bridgehead atoms. The van der Waals surface area contributed by atoms with Gasteiger partial charge in [-0.2, -0.15) is 0 Å². The van der Waals surface area contributed by atoms with Gasteiger partial charge in [-0.15, -0.1) is 0 Å². The van der Waals surface area contributed by atoms with Crippen LogP contribution in [0.15, 0.2) is 22.7 Å². The SMILES string of the molecule is CC(NCC(O)CN1CCCC1)c1ccc(F)c(Br)c1. The van der Waals surface area contributed by atoms with E-state index in [0.29, 0.717) is 11.0 Å². The Morgan fingerprint density at radius 1 is 1.40 bits per heavy atom. The standard InChI is InChI=1S/C15H22BrFN2O/c1-11(12-4-5-15(17)14(16)8-12)18-9-13(20)10-19-6-2-3-7-19/h4-5,8,11,13,18,20H,2-3,6-7,9-10H2,1H3. The fraction of sp³-hybridized carbons (Fsp3) is 0.600. The van der Waals surface area contributed by atoms with Crippen molar-refractivity contribution in [1.29, 1.82) is 0 Å². The molecule has 0 radical (unpaired) electrons. The van der Waals surface area contributed by atoms with Crippen molar-refractivity contribution in [2.45, 2.75) is 31.9 Å². The summed E-state index contributed by atoms with van der Waals surface area (Å²) in [4.78, 5) is 2.30. The number of aliphatic hydroxyl groups is 1. The third-order valence-corrected chi connectivity index (χ3v) is 4.38. The van der Waals surface area contributed by atoms with Crippen molar-refractivity contribution in [2.24, 2.45) is 0 Å². The Kier molecular flexibility index (Phi) is 5.96. The average Bonchev–Trinajstić information content (AvgIpc) is 2.92. The Morgan fingerprint density at radius 3 is 2.75 bits per heavy atom. The van der Waals surface area contributed by atoms with E-state index >= 15 is 0 Å². The minimum absolute atomic E-state index is 0.0835. The van der Waals surface area contributed by atoms with E-state index in [2.05, 4.69) is 26.1 Å². The lowest BCUT2D eigenvalue weighted by Crippen LogP contribution is -2.37. The van der Waals surface area contributed by atoms with Crippen LogP contribution in [0.2, 0.25) is 0 Å². The van der Waals surface area contributed by atoms with Gasteiger partial charge < -0.3 is 15.3 Å². The first-order chi connectivity index (χ1) is 9.56. The van der Waals surface area contributed by atoms with Crippen LogP contribution in [0, 0.1) is 5.82 Å². The molecule has 1 aromatic carbocycles. The highest BCUT2D eigenvalue weighted by molar-refractivity contribution is 9.10. The molecular weight excluding hydrogens is 323 g/mol. The maximum absolute atomic E-state index is 13.2. The number of halogens is 2. The van der Waals surface area contributed by atoms with E-state index < -0.39 is 0 Å². The number of benzene rings is 1. The zero-order valence-electron chi connectivity index (χ0n) is 11.8. The lowest BCUT2D eigenvalue weighted by atomic mass is 10.1. The van der Waals surface area contributed by atoms with Gasteiger partial charge in [0.05, 0.1) is 10.6 Å². The highest BCUT2D eigenvalue weighted by atomic mass is 79.9. The molecule has 0 spiro atoms. The predicted octanol–water partition coefficient (Wildman–Crippen LogP) is 2.70. The second kappa shape index (κ2) is 7.50. The molecule has 2 rings (SSSR count). The van der Waals surface area contributed by atoms with Gasteiger partial charge in [0.15, 0.2) is 0 Å². The van der Waals surface area contributed by atoms with Crippen LogP contribution >= 0.6 is 15.9 Å². The monoisotopic (exact) mass is 344 g/mol. The molecule has 0 saturated carbocycles. The van der Waals surface area contributed by atoms with E-state index in [0.717, 1.165) is 25.2 Å². The van der Waals surface area contributed by atoms with Crippen molar-refractivity contribution in [2.75, 3.05) is 26.2 Å². The molecular formula is C15H22BrFN2O. The Labute approximate surface area is 128 Å². The molecule has 1 fully saturated rings. The second-order valence-electron chi connectivity index (χ2n) is 5.47. The smallest absolute Gasteiger partial charge is 0.137 e. The van der Waals surface area contributed by atoms with Gasteiger partial charge in [0.2, 0.25) is 0 Å². The number of hydrogen-bond donors (Lipinski definition) is 2. The summed E-state index contributed by atoms with van der Waals surface area (Å²) in [6.45, 7) is 5.48. The van der Waals surface area contributed by atoms with Crippen LogP contribution in [0.1, 0.15) is 31.4 Å². The Morgan fingerprint density at radius 2 is 2.10 bits per heavy atom. The molecule has 5 heteroatoms. The zero-order valence-corrected chi connectivity index (χ0v) is 13.4. The summed E-state index contributed by atoms with van der Waals surface area (Å²) in [5.74, 6) is -0.255. The highest BCUT2D eigenvalue weighted by Gasteiger charge is 2.16. The zero-order chi connectivity index (χ0) is 14.5. The summed E-state index contributed by atoms with van der Waals surface area (Å²) in [6, 6.07) is 5.09. The van der Waals surface area contributed by atoms with Crippen LogP contribution in [0.5, 0.6) is 0 Å². The summed E-state index contributed by atoms with van der Waals surface area (Å²) in [5, 5.41) is 13.3. The van der Waals surface area contributed by atoms with E-state index in [1.165, 1.54) is 18.9 Å². The number of nitrogens with one attached hydrogen (secondary N) is 1. The Balaban J connectivity index is 1.78. The van der Waals surface area contributed by atoms with Gasteiger partial charge in [0, 0.05) is 19.1 Å². The molecule has 1 saturated heterocycles. The van der Waals surface area contributed by atoms with Gasteiger partial charge in [0.1, 0.15) is 5.82 Å². The van der Waals surface area contributed by atoms with Crippen LogP contribution in [-0.4, -0.2) is 42.3 Å². The largest absolute Gasteiger partial charge is 0.390 e. The molecule has 20 heavy (non-hydrogen) atoms. The Hall–Kier alpha value is -0.490. The summed E-state index contributed by atoms with van der Waals surface area (Å²) >= 11 is 3.19. The van der Waals surface area contributed by atoms with E-state index in [1.54, 1.807) is 12.1 Å². The number of likely N-dealkylation sites (tertiary alicyclic amines) is 1. The van der Waals surface area contributed by atoms with Crippen molar-refractivity contribution < 1.29 is 9.50 Å². The van der Waals surface area contributed by atoms with Crippen molar-refractivity contribution in [1.82, 2.24) is 10.2 Å². The average molecular weight is 345 g/mol. The fourth-order valence-electron chi connectivity index (χ4n) is 2.54. The second-order valence-corrected chi connectivity index (χ2v) is 6.32. The number of nitrogens with zero attached hydrogens (tertiary/aromatic N) is 1. The lowest BCUT2D eigenvalue weighted by molar-refractivity contribution is 0.121. The van der Waals surface area contributed by atoms with Gasteiger partial charge in [0.25, 0.3) is 0 Å². The highest BCUT2D eigenvalue weighted by Crippen LogP contribution is 2.21. The Bertz CT molecular complexity index is 438. The predicted molar refractivity (Wildman–Crippen MR) is 82.2 cm³/mol. The van der Waals surface area contributed by atoms with Gasteiger partial charge >= 0.3 is 0 Å². The first-order valence-electron chi connectivity index (χ1n) is 7.15. The molecule has 2 N–H and O–H groups in total. The molecule has 0 aliphatic carbocycles. The molecule has 1 aromatic rings. The number of aliphatic hydroxyl groups excluding tert-OH is 1. The minimum atomic E-state index is -0.362. The summed E-state index contributed by atoms with van der Waals surface area (Å²) in [7, 11) is 0. The van der Waals surface area contributed by atoms with Crippen LogP contribution in [0.4, 0.5) is 4.39 Å². The van der Waals surface area contributed by atoms with Gasteiger partial charge in [-0.05, 0) is 66.5 Å². The van der Waals surface area contributed by atoms with E-state index in [-0.39, 0.29) is 18.0 Å². The summed E-state index contributed by atoms with van der Waals surface area (Å²) in [6.07, 6.45) is 2.11. The van der Waals surface area contributed by atoms with Crippen LogP contribution in [0.25, 0.3) is 0 Å². The van der Waals surface area contributed by atoms with Gasteiger partial charge in [-0.3, -0.25) is 0 Å². The van der Waals surface area contributed by atoms with Crippen molar-refractivity contribution in [3.8, 4) is 0 Å². The van der Waals surface area contributed by atoms with Crippen LogP contribution < -0.4 is 5.32 Å². The lowest BCUT2D eigenvalue weighted by Gasteiger charge is -2.22. The minimum Gasteiger partial charge on any atom is -0.390 e. The molecule has 1 aliphatic rings. The maximum atomic E-state index is 13.2. The molecule has 0 amide bonds. The quantitative estimate of drug-likeness (QED) is 0.832. The summed E-state index contributed by atoms with van der Waals surface area (Å²) < 4.78 is 13.7. The number of hydrogen-bond acceptors (Lipinski definition) is 3. The third kappa shape index (κ3) is 4.52. The van der Waals surface area contributed by atoms with Crippen molar-refractivity contribution in [3.63, 3.8) is 0 Å². The number of β-amino-alcohol motifs (C(OH)–C–C–N with tert-alkyl or cyclic N) is 1. The normalized spacial score (nSPS) is 19.2. The molecule has 1 heterocycles. The first-order valence-corrected chi connectivity index (χ1v) is 7.94. The van der Waals surface area contributed by atoms with Gasteiger partial charge in [-0.25, -0.2) is 4.39 Å². The summed E-state index contributed by atoms with van der Waals surface area (Å²) in [5.41, 5.74) is 1.01. The van der Waals surface area contributed by atoms with Gasteiger partial charge in [-0.1, -0.05) is 6.07 Å². The third-order valence-electron chi connectivity index (χ3n) is 3.77. The molecule has 1 aliphatic heterocycles.